The zero-order valence-corrected chi connectivity index (χ0v) is 11.9. The van der Waals surface area contributed by atoms with Crippen LogP contribution in [-0.2, 0) is 19.0 Å². The molecule has 1 saturated heterocycles. The lowest BCUT2D eigenvalue weighted by Gasteiger charge is -2.60. The van der Waals surface area contributed by atoms with E-state index < -0.39 is 22.9 Å². The van der Waals surface area contributed by atoms with Crippen molar-refractivity contribution in [2.75, 3.05) is 7.11 Å². The molecule has 3 unspecified atom stereocenters. The molecule has 0 spiro atoms. The van der Waals surface area contributed by atoms with Gasteiger partial charge in [0, 0.05) is 13.8 Å². The Morgan fingerprint density at radius 3 is 2.50 bits per heavy atom. The molecule has 0 radical (unpaired) electrons. The second kappa shape index (κ2) is 3.70. The summed E-state index contributed by atoms with van der Waals surface area (Å²) in [5.74, 6) is -0.325. The Labute approximate surface area is 108 Å². The van der Waals surface area contributed by atoms with Gasteiger partial charge in [-0.3, -0.25) is 0 Å². The maximum absolute atomic E-state index is 12.0. The molecule has 0 aliphatic carbocycles. The van der Waals surface area contributed by atoms with E-state index in [9.17, 15) is 4.79 Å². The highest BCUT2D eigenvalue weighted by Crippen LogP contribution is 2.60. The molecule has 5 nitrogen and oxygen atoms in total. The van der Waals surface area contributed by atoms with Gasteiger partial charge in [0.1, 0.15) is 0 Å². The van der Waals surface area contributed by atoms with Crippen molar-refractivity contribution in [3.63, 3.8) is 0 Å². The van der Waals surface area contributed by atoms with Crippen LogP contribution in [0.2, 0.25) is 0 Å². The predicted octanol–water partition coefficient (Wildman–Crippen LogP) is 1.90. The van der Waals surface area contributed by atoms with Gasteiger partial charge in [0.25, 0.3) is 0 Å². The number of aliphatic imine (C=N–C) groups is 1. The fourth-order valence-electron chi connectivity index (χ4n) is 3.25. The Bertz CT molecular complexity index is 419. The highest BCUT2D eigenvalue weighted by molar-refractivity contribution is 5.87. The SMILES string of the molecule is COC(=O)C1(C)OC2(C)OC(C)=NC21CC(C)C. The topological polar surface area (TPSA) is 57.1 Å². The van der Waals surface area contributed by atoms with E-state index in [4.69, 9.17) is 14.2 Å². The number of methoxy groups -OCH3 is 1. The minimum atomic E-state index is -1.07. The zero-order chi connectivity index (χ0) is 13.8. The maximum atomic E-state index is 12.0. The van der Waals surface area contributed by atoms with Crippen LogP contribution in [0.25, 0.3) is 0 Å². The molecule has 0 aromatic carbocycles. The summed E-state index contributed by atoms with van der Waals surface area (Å²) in [6.45, 7) is 9.53. The fraction of sp³-hybridized carbons (Fsp3) is 0.846. The highest BCUT2D eigenvalue weighted by atomic mass is 16.8. The molecule has 0 saturated carbocycles. The van der Waals surface area contributed by atoms with Gasteiger partial charge in [0.15, 0.2) is 17.0 Å². The summed E-state index contributed by atoms with van der Waals surface area (Å²) in [5.41, 5.74) is -1.76. The minimum absolute atomic E-state index is 0.371. The molecule has 2 rings (SSSR count). The van der Waals surface area contributed by atoms with E-state index in [-0.39, 0.29) is 0 Å². The molecule has 2 aliphatic rings. The van der Waals surface area contributed by atoms with Crippen LogP contribution in [0.1, 0.15) is 41.0 Å². The van der Waals surface area contributed by atoms with E-state index in [1.807, 2.05) is 6.92 Å². The predicted molar refractivity (Wildman–Crippen MR) is 66.3 cm³/mol. The number of nitrogens with zero attached hydrogens (tertiary/aromatic N) is 1. The van der Waals surface area contributed by atoms with Crippen molar-refractivity contribution in [3.05, 3.63) is 0 Å². The molecule has 1 fully saturated rings. The van der Waals surface area contributed by atoms with Crippen LogP contribution in [0.3, 0.4) is 0 Å². The van der Waals surface area contributed by atoms with Gasteiger partial charge in [-0.05, 0) is 19.3 Å². The van der Waals surface area contributed by atoms with Gasteiger partial charge in [0.05, 0.1) is 7.11 Å². The van der Waals surface area contributed by atoms with E-state index >= 15 is 0 Å². The number of carbonyl (C=O) groups excluding carboxylic acids is 1. The average molecular weight is 255 g/mol. The van der Waals surface area contributed by atoms with Gasteiger partial charge >= 0.3 is 5.97 Å². The van der Waals surface area contributed by atoms with Crippen molar-refractivity contribution >= 4 is 11.9 Å². The Hall–Kier alpha value is -1.10. The quantitative estimate of drug-likeness (QED) is 0.723. The van der Waals surface area contributed by atoms with E-state index in [2.05, 4.69) is 18.8 Å². The smallest absolute Gasteiger partial charge is 0.340 e. The summed E-state index contributed by atoms with van der Waals surface area (Å²) in [6.07, 6.45) is 0.715. The molecular weight excluding hydrogens is 234 g/mol. The lowest BCUT2D eigenvalue weighted by molar-refractivity contribution is -0.379. The summed E-state index contributed by atoms with van der Waals surface area (Å²) >= 11 is 0. The van der Waals surface area contributed by atoms with Crippen LogP contribution >= 0.6 is 0 Å². The number of esters is 1. The number of hydrogen-bond donors (Lipinski definition) is 0. The van der Waals surface area contributed by atoms with Crippen molar-refractivity contribution in [2.45, 2.75) is 58.0 Å². The number of fused-ring (bicyclic) bond motifs is 1. The van der Waals surface area contributed by atoms with Crippen LogP contribution in [0, 0.1) is 5.92 Å². The molecule has 2 heterocycles. The molecule has 3 atom stereocenters. The first-order chi connectivity index (χ1) is 8.21. The van der Waals surface area contributed by atoms with Crippen molar-refractivity contribution < 1.29 is 19.0 Å². The van der Waals surface area contributed by atoms with E-state index in [1.54, 1.807) is 13.8 Å². The molecule has 5 heteroatoms. The number of hydrogen-bond acceptors (Lipinski definition) is 5. The first-order valence-electron chi connectivity index (χ1n) is 6.25. The first kappa shape index (κ1) is 13.3. The maximum Gasteiger partial charge on any atom is 0.340 e. The monoisotopic (exact) mass is 255 g/mol. The van der Waals surface area contributed by atoms with Crippen LogP contribution in [0.4, 0.5) is 0 Å². The lowest BCUT2D eigenvalue weighted by Crippen LogP contribution is -2.80. The Morgan fingerprint density at radius 2 is 2.06 bits per heavy atom. The average Bonchev–Trinajstić information content (AvgIpc) is 2.44. The highest BCUT2D eigenvalue weighted by Gasteiger charge is 2.80. The second-order valence-corrected chi connectivity index (χ2v) is 5.76. The summed E-state index contributed by atoms with van der Waals surface area (Å²) in [6, 6.07) is 0. The molecule has 18 heavy (non-hydrogen) atoms. The molecule has 0 amide bonds. The van der Waals surface area contributed by atoms with Crippen LogP contribution in [0.15, 0.2) is 4.99 Å². The zero-order valence-electron chi connectivity index (χ0n) is 11.9. The molecule has 0 bridgehead atoms. The van der Waals surface area contributed by atoms with Crippen LogP contribution in [0.5, 0.6) is 0 Å². The molecule has 0 aromatic heterocycles. The second-order valence-electron chi connectivity index (χ2n) is 5.76. The third-order valence-electron chi connectivity index (χ3n) is 3.91. The van der Waals surface area contributed by atoms with Crippen molar-refractivity contribution in [3.8, 4) is 0 Å². The van der Waals surface area contributed by atoms with Crippen molar-refractivity contribution in [1.82, 2.24) is 0 Å². The Morgan fingerprint density at radius 1 is 1.44 bits per heavy atom. The third-order valence-corrected chi connectivity index (χ3v) is 3.91. The number of carbonyl (C=O) groups is 1. The van der Waals surface area contributed by atoms with Crippen molar-refractivity contribution in [1.29, 1.82) is 0 Å². The number of rotatable bonds is 3. The molecular formula is C13H21NO4. The van der Waals surface area contributed by atoms with Gasteiger partial charge in [0.2, 0.25) is 5.79 Å². The summed E-state index contributed by atoms with van der Waals surface area (Å²) < 4.78 is 16.3. The Kier molecular flexibility index (Phi) is 2.74. The fourth-order valence-corrected chi connectivity index (χ4v) is 3.25. The van der Waals surface area contributed by atoms with Crippen LogP contribution in [-0.4, -0.2) is 35.9 Å². The van der Waals surface area contributed by atoms with Gasteiger partial charge in [-0.1, -0.05) is 13.8 Å². The summed E-state index contributed by atoms with van der Waals surface area (Å²) in [7, 11) is 1.36. The number of ether oxygens (including phenoxy) is 3. The molecule has 0 aromatic rings. The van der Waals surface area contributed by atoms with Crippen molar-refractivity contribution in [2.24, 2.45) is 10.9 Å². The van der Waals surface area contributed by atoms with Gasteiger partial charge in [-0.25, -0.2) is 9.79 Å². The lowest BCUT2D eigenvalue weighted by atomic mass is 9.65. The van der Waals surface area contributed by atoms with Gasteiger partial charge < -0.3 is 14.2 Å². The standard InChI is InChI=1S/C13H21NO4/c1-8(2)7-13-11(4,10(15)16-6)18-12(13,5)17-9(3)14-13/h8H,7H2,1-6H3. The third kappa shape index (κ3) is 1.37. The van der Waals surface area contributed by atoms with E-state index in [0.717, 1.165) is 0 Å². The normalized spacial score (nSPS) is 41.8. The first-order valence-corrected chi connectivity index (χ1v) is 6.25. The summed E-state index contributed by atoms with van der Waals surface area (Å²) in [5, 5.41) is 0. The minimum Gasteiger partial charge on any atom is -0.467 e. The summed E-state index contributed by atoms with van der Waals surface area (Å²) in [4.78, 5) is 16.6. The largest absolute Gasteiger partial charge is 0.467 e. The molecule has 2 aliphatic heterocycles. The molecule has 102 valence electrons. The van der Waals surface area contributed by atoms with Gasteiger partial charge in [-0.2, -0.15) is 0 Å². The van der Waals surface area contributed by atoms with E-state index in [1.165, 1.54) is 7.11 Å². The molecule has 0 N–H and O–H groups in total. The Balaban J connectivity index is 2.45. The van der Waals surface area contributed by atoms with Gasteiger partial charge in [-0.15, -0.1) is 0 Å². The van der Waals surface area contributed by atoms with E-state index in [0.29, 0.717) is 18.2 Å². The van der Waals surface area contributed by atoms with Crippen LogP contribution < -0.4 is 0 Å².